The van der Waals surface area contributed by atoms with E-state index in [4.69, 9.17) is 5.73 Å². The van der Waals surface area contributed by atoms with Gasteiger partial charge >= 0.3 is 0 Å². The van der Waals surface area contributed by atoms with E-state index in [9.17, 15) is 4.79 Å². The Kier molecular flexibility index (Phi) is 2.95. The summed E-state index contributed by atoms with van der Waals surface area (Å²) < 4.78 is 0. The van der Waals surface area contributed by atoms with Gasteiger partial charge in [0.1, 0.15) is 6.04 Å². The molecule has 2 aromatic rings. The van der Waals surface area contributed by atoms with Crippen molar-refractivity contribution in [2.75, 3.05) is 17.6 Å². The lowest BCUT2D eigenvalue weighted by molar-refractivity contribution is -0.123. The van der Waals surface area contributed by atoms with Gasteiger partial charge in [0.15, 0.2) is 0 Å². The lowest BCUT2D eigenvalue weighted by atomic mass is 10.0. The van der Waals surface area contributed by atoms with Crippen molar-refractivity contribution in [1.82, 2.24) is 10.3 Å². The van der Waals surface area contributed by atoms with Crippen LogP contribution >= 0.6 is 0 Å². The van der Waals surface area contributed by atoms with E-state index in [1.165, 1.54) is 0 Å². The number of nitrogens with one attached hydrogen (secondary N) is 2. The summed E-state index contributed by atoms with van der Waals surface area (Å²) in [6, 6.07) is 5.46. The SMILES string of the molecule is Nc1ccc(NC2CCCNC2=O)c2cnccc12. The van der Waals surface area contributed by atoms with Crippen molar-refractivity contribution < 1.29 is 4.79 Å². The van der Waals surface area contributed by atoms with E-state index < -0.39 is 0 Å². The molecule has 0 aliphatic carbocycles. The number of benzene rings is 1. The zero-order chi connectivity index (χ0) is 13.2. The Morgan fingerprint density at radius 1 is 1.32 bits per heavy atom. The molecular weight excluding hydrogens is 240 g/mol. The third-order valence-electron chi connectivity index (χ3n) is 3.47. The average Bonchev–Trinajstić information content (AvgIpc) is 2.44. The highest BCUT2D eigenvalue weighted by Crippen LogP contribution is 2.28. The van der Waals surface area contributed by atoms with Crippen LogP contribution in [0, 0.1) is 0 Å². The summed E-state index contributed by atoms with van der Waals surface area (Å²) in [5.74, 6) is 0.0557. The number of aromatic nitrogens is 1. The topological polar surface area (TPSA) is 80.0 Å². The standard InChI is InChI=1S/C14H16N4O/c15-11-3-4-12(10-8-16-7-5-9(10)11)18-13-2-1-6-17-14(13)19/h3-5,7-8,13,18H,1-2,6,15H2,(H,17,19). The molecule has 3 rings (SSSR count). The normalized spacial score (nSPS) is 19.2. The van der Waals surface area contributed by atoms with E-state index in [0.29, 0.717) is 0 Å². The number of piperidine rings is 1. The van der Waals surface area contributed by atoms with Gasteiger partial charge in [0.2, 0.25) is 5.91 Å². The molecule has 1 aliphatic rings. The van der Waals surface area contributed by atoms with Crippen molar-refractivity contribution in [3.05, 3.63) is 30.6 Å². The molecule has 2 heterocycles. The van der Waals surface area contributed by atoms with Crippen molar-refractivity contribution >= 4 is 28.1 Å². The molecular formula is C14H16N4O. The zero-order valence-corrected chi connectivity index (χ0v) is 10.5. The van der Waals surface area contributed by atoms with Crippen molar-refractivity contribution in [1.29, 1.82) is 0 Å². The Hall–Kier alpha value is -2.30. The number of nitrogen functional groups attached to an aromatic ring is 1. The quantitative estimate of drug-likeness (QED) is 0.711. The number of nitrogens with zero attached hydrogens (tertiary/aromatic N) is 1. The maximum absolute atomic E-state index is 11.8. The molecule has 4 N–H and O–H groups in total. The number of hydrogen-bond acceptors (Lipinski definition) is 4. The lowest BCUT2D eigenvalue weighted by Gasteiger charge is -2.24. The van der Waals surface area contributed by atoms with Gasteiger partial charge in [-0.2, -0.15) is 0 Å². The largest absolute Gasteiger partial charge is 0.398 e. The summed E-state index contributed by atoms with van der Waals surface area (Å²) in [7, 11) is 0. The van der Waals surface area contributed by atoms with E-state index in [2.05, 4.69) is 15.6 Å². The molecule has 1 atom stereocenters. The second-order valence-corrected chi connectivity index (χ2v) is 4.75. The number of amides is 1. The minimum atomic E-state index is -0.180. The molecule has 1 unspecified atom stereocenters. The Morgan fingerprint density at radius 3 is 3.05 bits per heavy atom. The molecule has 0 bridgehead atoms. The highest BCUT2D eigenvalue weighted by molar-refractivity contribution is 6.01. The van der Waals surface area contributed by atoms with Crippen molar-refractivity contribution in [3.8, 4) is 0 Å². The molecule has 1 aliphatic heterocycles. The third-order valence-corrected chi connectivity index (χ3v) is 3.47. The number of pyridine rings is 1. The van der Waals surface area contributed by atoms with Crippen LogP contribution in [0.3, 0.4) is 0 Å². The van der Waals surface area contributed by atoms with E-state index in [1.807, 2.05) is 18.2 Å². The zero-order valence-electron chi connectivity index (χ0n) is 10.5. The number of carbonyl (C=O) groups is 1. The van der Waals surface area contributed by atoms with Crippen LogP contribution in [0.2, 0.25) is 0 Å². The van der Waals surface area contributed by atoms with Crippen LogP contribution in [0.15, 0.2) is 30.6 Å². The molecule has 5 nitrogen and oxygen atoms in total. The van der Waals surface area contributed by atoms with Crippen molar-refractivity contribution in [2.24, 2.45) is 0 Å². The molecule has 98 valence electrons. The van der Waals surface area contributed by atoms with E-state index >= 15 is 0 Å². The summed E-state index contributed by atoms with van der Waals surface area (Å²) in [5.41, 5.74) is 7.57. The van der Waals surface area contributed by atoms with Crippen LogP contribution in [-0.2, 0) is 4.79 Å². The van der Waals surface area contributed by atoms with Crippen molar-refractivity contribution in [3.63, 3.8) is 0 Å². The second-order valence-electron chi connectivity index (χ2n) is 4.75. The third kappa shape index (κ3) is 2.19. The minimum Gasteiger partial charge on any atom is -0.398 e. The summed E-state index contributed by atoms with van der Waals surface area (Å²) in [6.45, 7) is 0.765. The molecule has 1 amide bonds. The molecule has 1 saturated heterocycles. The molecule has 1 aromatic carbocycles. The lowest BCUT2D eigenvalue weighted by Crippen LogP contribution is -2.44. The molecule has 0 radical (unpaired) electrons. The van der Waals surface area contributed by atoms with Crippen LogP contribution in [0.5, 0.6) is 0 Å². The van der Waals surface area contributed by atoms with E-state index in [0.717, 1.165) is 41.5 Å². The number of rotatable bonds is 2. The van der Waals surface area contributed by atoms with Gasteiger partial charge in [-0.05, 0) is 31.0 Å². The van der Waals surface area contributed by atoms with E-state index in [1.54, 1.807) is 12.4 Å². The Balaban J connectivity index is 1.97. The summed E-state index contributed by atoms with van der Waals surface area (Å²) in [5, 5.41) is 8.06. The van der Waals surface area contributed by atoms with Crippen LogP contribution in [0.25, 0.3) is 10.8 Å². The number of nitrogens with two attached hydrogens (primary N) is 1. The first kappa shape index (κ1) is 11.8. The number of anilines is 2. The van der Waals surface area contributed by atoms with Crippen LogP contribution in [0.4, 0.5) is 11.4 Å². The predicted octanol–water partition coefficient (Wildman–Crippen LogP) is 1.51. The Bertz CT molecular complexity index is 626. The molecule has 19 heavy (non-hydrogen) atoms. The summed E-state index contributed by atoms with van der Waals surface area (Å²) in [6.07, 6.45) is 5.33. The minimum absolute atomic E-state index is 0.0557. The van der Waals surface area contributed by atoms with Gasteiger partial charge in [0.05, 0.1) is 0 Å². The van der Waals surface area contributed by atoms with Crippen molar-refractivity contribution in [2.45, 2.75) is 18.9 Å². The predicted molar refractivity (Wildman–Crippen MR) is 75.8 cm³/mol. The molecule has 5 heteroatoms. The second kappa shape index (κ2) is 4.76. The first-order valence-corrected chi connectivity index (χ1v) is 6.42. The maximum atomic E-state index is 11.8. The van der Waals surface area contributed by atoms with Gasteiger partial charge in [0.25, 0.3) is 0 Å². The first-order chi connectivity index (χ1) is 9.25. The fourth-order valence-electron chi connectivity index (χ4n) is 2.44. The summed E-state index contributed by atoms with van der Waals surface area (Å²) in [4.78, 5) is 15.9. The molecule has 1 fully saturated rings. The smallest absolute Gasteiger partial charge is 0.242 e. The van der Waals surface area contributed by atoms with Gasteiger partial charge in [-0.15, -0.1) is 0 Å². The van der Waals surface area contributed by atoms with Gasteiger partial charge in [-0.1, -0.05) is 0 Å². The molecule has 1 aromatic heterocycles. The maximum Gasteiger partial charge on any atom is 0.242 e. The number of carbonyl (C=O) groups excluding carboxylic acids is 1. The highest BCUT2D eigenvalue weighted by Gasteiger charge is 2.22. The number of hydrogen-bond donors (Lipinski definition) is 3. The molecule has 0 spiro atoms. The molecule has 0 saturated carbocycles. The average molecular weight is 256 g/mol. The van der Waals surface area contributed by atoms with Gasteiger partial charge in [0, 0.05) is 41.1 Å². The van der Waals surface area contributed by atoms with Crippen LogP contribution < -0.4 is 16.4 Å². The fraction of sp³-hybridized carbons (Fsp3) is 0.286. The fourth-order valence-corrected chi connectivity index (χ4v) is 2.44. The summed E-state index contributed by atoms with van der Waals surface area (Å²) >= 11 is 0. The van der Waals surface area contributed by atoms with Gasteiger partial charge < -0.3 is 16.4 Å². The Morgan fingerprint density at radius 2 is 2.21 bits per heavy atom. The Labute approximate surface area is 111 Å². The van der Waals surface area contributed by atoms with Crippen LogP contribution in [0.1, 0.15) is 12.8 Å². The number of fused-ring (bicyclic) bond motifs is 1. The highest BCUT2D eigenvalue weighted by atomic mass is 16.2. The van der Waals surface area contributed by atoms with Crippen LogP contribution in [-0.4, -0.2) is 23.5 Å². The van der Waals surface area contributed by atoms with E-state index in [-0.39, 0.29) is 11.9 Å². The van der Waals surface area contributed by atoms with Gasteiger partial charge in [-0.3, -0.25) is 9.78 Å². The van der Waals surface area contributed by atoms with Gasteiger partial charge in [-0.25, -0.2) is 0 Å². The first-order valence-electron chi connectivity index (χ1n) is 6.42. The monoisotopic (exact) mass is 256 g/mol.